The Morgan fingerprint density at radius 1 is 1.38 bits per heavy atom. The Balaban J connectivity index is 0.00000288. The molecule has 0 unspecified atom stereocenters. The number of benzene rings is 1. The van der Waals surface area contributed by atoms with Crippen LogP contribution in [0.4, 0.5) is 0 Å². The molecule has 132 valence electrons. The van der Waals surface area contributed by atoms with Crippen molar-refractivity contribution in [3.05, 3.63) is 45.4 Å². The van der Waals surface area contributed by atoms with Crippen LogP contribution >= 0.6 is 23.7 Å². The lowest BCUT2D eigenvalue weighted by molar-refractivity contribution is 0.0946. The molecule has 1 aromatic carbocycles. The van der Waals surface area contributed by atoms with E-state index < -0.39 is 0 Å². The van der Waals surface area contributed by atoms with Crippen LogP contribution < -0.4 is 15.8 Å². The number of hydrogen-bond acceptors (Lipinski definition) is 6. The Bertz CT molecular complexity index is 664. The number of ether oxygens (including phenoxy) is 2. The molecule has 0 fully saturated rings. The van der Waals surface area contributed by atoms with Gasteiger partial charge in [0.05, 0.1) is 6.61 Å². The van der Waals surface area contributed by atoms with Crippen LogP contribution in [0.25, 0.3) is 0 Å². The molecular formula is C16H22ClN3O3S. The second-order valence-corrected chi connectivity index (χ2v) is 5.91. The van der Waals surface area contributed by atoms with Crippen molar-refractivity contribution < 1.29 is 14.3 Å². The van der Waals surface area contributed by atoms with Gasteiger partial charge in [0.2, 0.25) is 0 Å². The normalized spacial score (nSPS) is 10.1. The van der Waals surface area contributed by atoms with E-state index in [2.05, 4.69) is 10.3 Å². The molecule has 2 rings (SSSR count). The zero-order chi connectivity index (χ0) is 16.7. The smallest absolute Gasteiger partial charge is 0.271 e. The van der Waals surface area contributed by atoms with Gasteiger partial charge in [-0.25, -0.2) is 4.98 Å². The molecule has 0 spiro atoms. The van der Waals surface area contributed by atoms with Crippen LogP contribution in [0.3, 0.4) is 0 Å². The zero-order valence-electron chi connectivity index (χ0n) is 13.7. The second kappa shape index (κ2) is 10.2. The lowest BCUT2D eigenvalue weighted by Crippen LogP contribution is -2.23. The summed E-state index contributed by atoms with van der Waals surface area (Å²) in [6.45, 7) is 3.69. The summed E-state index contributed by atoms with van der Waals surface area (Å²) in [6.07, 6.45) is 0. The van der Waals surface area contributed by atoms with Crippen molar-refractivity contribution in [2.75, 3.05) is 20.3 Å². The average molecular weight is 372 g/mol. The van der Waals surface area contributed by atoms with E-state index in [-0.39, 0.29) is 18.3 Å². The number of aryl methyl sites for hydroxylation is 1. The van der Waals surface area contributed by atoms with Gasteiger partial charge in [-0.2, -0.15) is 0 Å². The van der Waals surface area contributed by atoms with Gasteiger partial charge in [-0.3, -0.25) is 4.79 Å². The summed E-state index contributed by atoms with van der Waals surface area (Å²) >= 11 is 1.38. The van der Waals surface area contributed by atoms with Crippen molar-refractivity contribution in [1.82, 2.24) is 10.3 Å². The summed E-state index contributed by atoms with van der Waals surface area (Å²) in [5.41, 5.74) is 7.91. The van der Waals surface area contributed by atoms with Crippen molar-refractivity contribution in [2.45, 2.75) is 20.0 Å². The third-order valence-electron chi connectivity index (χ3n) is 3.17. The van der Waals surface area contributed by atoms with E-state index in [0.717, 1.165) is 21.9 Å². The summed E-state index contributed by atoms with van der Waals surface area (Å²) in [4.78, 5) is 16.3. The molecule has 0 saturated heterocycles. The van der Waals surface area contributed by atoms with Crippen molar-refractivity contribution in [3.8, 4) is 5.75 Å². The Morgan fingerprint density at radius 2 is 2.17 bits per heavy atom. The van der Waals surface area contributed by atoms with E-state index in [9.17, 15) is 4.79 Å². The first-order valence-corrected chi connectivity index (χ1v) is 8.16. The minimum atomic E-state index is -0.218. The number of halogens is 1. The molecule has 2 aromatic rings. The first kappa shape index (κ1) is 20.4. The Labute approximate surface area is 151 Å². The number of methoxy groups -OCH3 is 1. The minimum Gasteiger partial charge on any atom is -0.491 e. The molecule has 0 aliphatic carbocycles. The molecule has 8 heteroatoms. The van der Waals surface area contributed by atoms with Gasteiger partial charge in [-0.05, 0) is 18.6 Å². The van der Waals surface area contributed by atoms with Gasteiger partial charge in [0.25, 0.3) is 5.91 Å². The number of thiazole rings is 1. The molecule has 3 N–H and O–H groups in total. The van der Waals surface area contributed by atoms with Crippen LogP contribution in [-0.2, 0) is 17.8 Å². The van der Waals surface area contributed by atoms with E-state index in [0.29, 0.717) is 32.0 Å². The molecule has 0 aliphatic rings. The van der Waals surface area contributed by atoms with Gasteiger partial charge in [0.15, 0.2) is 0 Å². The van der Waals surface area contributed by atoms with Gasteiger partial charge in [-0.15, -0.1) is 23.7 Å². The number of hydrogen-bond donors (Lipinski definition) is 2. The molecule has 1 heterocycles. The molecule has 1 aromatic heterocycles. The predicted octanol–water partition coefficient (Wildman–Crippen LogP) is 2.29. The van der Waals surface area contributed by atoms with E-state index in [1.54, 1.807) is 12.5 Å². The molecule has 0 bridgehead atoms. The number of nitrogens with two attached hydrogens (primary N) is 1. The predicted molar refractivity (Wildman–Crippen MR) is 97.0 cm³/mol. The SMILES string of the molecule is COCCOc1cc(C)ccc1CNC(=O)c1csc(CN)n1.Cl. The van der Waals surface area contributed by atoms with Gasteiger partial charge >= 0.3 is 0 Å². The van der Waals surface area contributed by atoms with Gasteiger partial charge in [0, 0.05) is 31.1 Å². The van der Waals surface area contributed by atoms with Crippen molar-refractivity contribution in [2.24, 2.45) is 5.73 Å². The van der Waals surface area contributed by atoms with Crippen molar-refractivity contribution in [3.63, 3.8) is 0 Å². The molecule has 0 saturated carbocycles. The van der Waals surface area contributed by atoms with E-state index in [1.807, 2.05) is 25.1 Å². The monoisotopic (exact) mass is 371 g/mol. The zero-order valence-corrected chi connectivity index (χ0v) is 15.3. The summed E-state index contributed by atoms with van der Waals surface area (Å²) in [6, 6.07) is 5.89. The fourth-order valence-corrected chi connectivity index (χ4v) is 2.61. The molecule has 0 atom stereocenters. The van der Waals surface area contributed by atoms with Crippen LogP contribution in [0.2, 0.25) is 0 Å². The molecule has 0 radical (unpaired) electrons. The first-order valence-electron chi connectivity index (χ1n) is 7.28. The van der Waals surface area contributed by atoms with E-state index in [4.69, 9.17) is 15.2 Å². The van der Waals surface area contributed by atoms with Crippen molar-refractivity contribution in [1.29, 1.82) is 0 Å². The molecular weight excluding hydrogens is 350 g/mol. The fraction of sp³-hybridized carbons (Fsp3) is 0.375. The third kappa shape index (κ3) is 5.76. The van der Waals surface area contributed by atoms with E-state index >= 15 is 0 Å². The van der Waals surface area contributed by atoms with Crippen LogP contribution in [0.5, 0.6) is 5.75 Å². The number of rotatable bonds is 8. The molecule has 24 heavy (non-hydrogen) atoms. The number of carbonyl (C=O) groups excluding carboxylic acids is 1. The molecule has 0 aliphatic heterocycles. The minimum absolute atomic E-state index is 0. The number of nitrogens with zero attached hydrogens (tertiary/aromatic N) is 1. The molecule has 6 nitrogen and oxygen atoms in total. The number of aromatic nitrogens is 1. The standard InChI is InChI=1S/C16H21N3O3S.ClH/c1-11-3-4-12(14(7-11)22-6-5-21-2)9-18-16(20)13-10-23-15(8-17)19-13;/h3-4,7,10H,5-6,8-9,17H2,1-2H3,(H,18,20);1H. The topological polar surface area (TPSA) is 86.5 Å². The third-order valence-corrected chi connectivity index (χ3v) is 4.04. The van der Waals surface area contributed by atoms with Gasteiger partial charge in [-0.1, -0.05) is 12.1 Å². The number of nitrogens with one attached hydrogen (secondary N) is 1. The Hall–Kier alpha value is -1.67. The lowest BCUT2D eigenvalue weighted by atomic mass is 10.1. The summed E-state index contributed by atoms with van der Waals surface area (Å²) < 4.78 is 10.7. The first-order chi connectivity index (χ1) is 11.1. The highest BCUT2D eigenvalue weighted by Crippen LogP contribution is 2.20. The van der Waals surface area contributed by atoms with Crippen molar-refractivity contribution >= 4 is 29.7 Å². The van der Waals surface area contributed by atoms with Gasteiger partial charge < -0.3 is 20.5 Å². The maximum absolute atomic E-state index is 12.1. The maximum atomic E-state index is 12.1. The maximum Gasteiger partial charge on any atom is 0.271 e. The van der Waals surface area contributed by atoms with Crippen LogP contribution in [0.1, 0.15) is 26.6 Å². The van der Waals surface area contributed by atoms with Gasteiger partial charge in [0.1, 0.15) is 23.1 Å². The van der Waals surface area contributed by atoms with Crippen LogP contribution in [-0.4, -0.2) is 31.2 Å². The fourth-order valence-electron chi connectivity index (χ4n) is 1.95. The summed E-state index contributed by atoms with van der Waals surface area (Å²) in [5.74, 6) is 0.535. The van der Waals surface area contributed by atoms with E-state index in [1.165, 1.54) is 11.3 Å². The highest BCUT2D eigenvalue weighted by Gasteiger charge is 2.11. The number of carbonyl (C=O) groups is 1. The second-order valence-electron chi connectivity index (χ2n) is 4.97. The van der Waals surface area contributed by atoms with Crippen LogP contribution in [0, 0.1) is 6.92 Å². The lowest BCUT2D eigenvalue weighted by Gasteiger charge is -2.12. The highest BCUT2D eigenvalue weighted by atomic mass is 35.5. The van der Waals surface area contributed by atoms with Crippen LogP contribution in [0.15, 0.2) is 23.6 Å². The largest absolute Gasteiger partial charge is 0.491 e. The average Bonchev–Trinajstić information content (AvgIpc) is 3.03. The highest BCUT2D eigenvalue weighted by molar-refractivity contribution is 7.09. The Morgan fingerprint density at radius 3 is 2.83 bits per heavy atom. The summed E-state index contributed by atoms with van der Waals surface area (Å²) in [5, 5.41) is 5.31. The number of amides is 1. The Kier molecular flexibility index (Phi) is 8.70. The summed E-state index contributed by atoms with van der Waals surface area (Å²) in [7, 11) is 1.63. The molecule has 1 amide bonds. The quantitative estimate of drug-likeness (QED) is 0.695.